The molecule has 0 N–H and O–H groups in total. The van der Waals surface area contributed by atoms with Crippen molar-refractivity contribution in [2.24, 2.45) is 0 Å². The molecule has 0 unspecified atom stereocenters. The summed E-state index contributed by atoms with van der Waals surface area (Å²) >= 11 is 0. The van der Waals surface area contributed by atoms with Crippen LogP contribution in [0.2, 0.25) is 0 Å². The second-order valence-corrected chi connectivity index (χ2v) is 11.5. The van der Waals surface area contributed by atoms with Gasteiger partial charge in [0, 0.05) is 27.8 Å². The number of hydrogen-bond donors (Lipinski definition) is 0. The lowest BCUT2D eigenvalue weighted by molar-refractivity contribution is 0.485. The van der Waals surface area contributed by atoms with E-state index in [-0.39, 0.29) is 6.71 Å². The molecule has 42 heavy (non-hydrogen) atoms. The highest BCUT2D eigenvalue weighted by atomic mass is 16.5. The van der Waals surface area contributed by atoms with Gasteiger partial charge in [0.05, 0.1) is 16.7 Å². The van der Waals surface area contributed by atoms with Crippen LogP contribution in [-0.4, -0.2) is 11.3 Å². The van der Waals surface area contributed by atoms with Gasteiger partial charge in [-0.1, -0.05) is 84.4 Å². The van der Waals surface area contributed by atoms with Gasteiger partial charge in [-0.05, 0) is 84.3 Å². The van der Waals surface area contributed by atoms with E-state index < -0.39 is 0 Å². The molecule has 2 aliphatic heterocycles. The van der Waals surface area contributed by atoms with Crippen LogP contribution in [0.5, 0.6) is 11.5 Å². The van der Waals surface area contributed by atoms with Crippen LogP contribution in [0.3, 0.4) is 0 Å². The fourth-order valence-corrected chi connectivity index (χ4v) is 7.40. The van der Waals surface area contributed by atoms with E-state index in [0.29, 0.717) is 0 Å². The number of anilines is 3. The first-order valence-corrected chi connectivity index (χ1v) is 14.6. The number of benzene rings is 6. The average Bonchev–Trinajstić information content (AvgIpc) is 3.35. The molecule has 7 aromatic rings. The third-order valence-corrected chi connectivity index (χ3v) is 9.00. The summed E-state index contributed by atoms with van der Waals surface area (Å²) in [7, 11) is 0. The molecule has 0 aliphatic carbocycles. The molecule has 3 heterocycles. The average molecular weight is 538 g/mol. The van der Waals surface area contributed by atoms with Crippen LogP contribution in [0.25, 0.3) is 27.5 Å². The number of fused-ring (bicyclic) bond motifs is 7. The van der Waals surface area contributed by atoms with E-state index in [9.17, 15) is 0 Å². The summed E-state index contributed by atoms with van der Waals surface area (Å²) in [5.74, 6) is 1.85. The van der Waals surface area contributed by atoms with E-state index in [2.05, 4.69) is 151 Å². The van der Waals surface area contributed by atoms with Crippen LogP contribution in [-0.2, 0) is 0 Å². The second kappa shape index (κ2) is 8.64. The van der Waals surface area contributed by atoms with Crippen LogP contribution in [0.1, 0.15) is 11.1 Å². The Morgan fingerprint density at radius 1 is 0.571 bits per heavy atom. The summed E-state index contributed by atoms with van der Waals surface area (Å²) in [5.41, 5.74) is 13.3. The van der Waals surface area contributed by atoms with Crippen molar-refractivity contribution in [1.29, 1.82) is 0 Å². The van der Waals surface area contributed by atoms with Gasteiger partial charge >= 0.3 is 0 Å². The van der Waals surface area contributed by atoms with Gasteiger partial charge in [0.2, 0.25) is 0 Å². The van der Waals surface area contributed by atoms with Crippen LogP contribution in [0, 0.1) is 13.8 Å². The van der Waals surface area contributed by atoms with Gasteiger partial charge < -0.3 is 14.2 Å². The highest BCUT2D eigenvalue weighted by Gasteiger charge is 2.43. The van der Waals surface area contributed by atoms with E-state index in [4.69, 9.17) is 4.74 Å². The van der Waals surface area contributed by atoms with E-state index in [1.165, 1.54) is 55.0 Å². The van der Waals surface area contributed by atoms with Crippen molar-refractivity contribution in [3.8, 4) is 17.2 Å². The first-order valence-electron chi connectivity index (χ1n) is 14.6. The first kappa shape index (κ1) is 23.5. The number of rotatable bonds is 2. The standard InChI is InChI=1S/C38H27BN2O/c1-24-22-25(2)36-34(23-24)40(26-12-4-3-5-13-26)32-20-21-33(38-37(32)39(36)29-16-8-11-19-35(29)42-38)41-30-17-9-6-14-27(30)28-15-7-10-18-31(28)41/h3-23H,1-2H3. The minimum Gasteiger partial charge on any atom is -0.456 e. The third kappa shape index (κ3) is 3.12. The van der Waals surface area contributed by atoms with Crippen molar-refractivity contribution in [1.82, 2.24) is 4.57 Å². The van der Waals surface area contributed by atoms with Crippen molar-refractivity contribution < 1.29 is 4.74 Å². The van der Waals surface area contributed by atoms with Crippen molar-refractivity contribution in [2.45, 2.75) is 13.8 Å². The van der Waals surface area contributed by atoms with Crippen LogP contribution >= 0.6 is 0 Å². The molecule has 3 nitrogen and oxygen atoms in total. The Morgan fingerprint density at radius 2 is 1.21 bits per heavy atom. The maximum absolute atomic E-state index is 6.99. The number of aryl methyl sites for hydroxylation is 2. The summed E-state index contributed by atoms with van der Waals surface area (Å²) in [6.45, 7) is 4.51. The minimum absolute atomic E-state index is 0.0588. The molecule has 0 saturated heterocycles. The molecule has 0 saturated carbocycles. The molecule has 4 heteroatoms. The first-order chi connectivity index (χ1) is 20.7. The fraction of sp³-hybridized carbons (Fsp3) is 0.0526. The Balaban J connectivity index is 1.43. The molecule has 198 valence electrons. The Kier molecular flexibility index (Phi) is 4.83. The number of aromatic nitrogens is 1. The topological polar surface area (TPSA) is 17.4 Å². The number of hydrogen-bond acceptors (Lipinski definition) is 2. The van der Waals surface area contributed by atoms with E-state index in [1.54, 1.807) is 0 Å². The highest BCUT2D eigenvalue weighted by Crippen LogP contribution is 2.44. The highest BCUT2D eigenvalue weighted by molar-refractivity contribution is 6.99. The van der Waals surface area contributed by atoms with Gasteiger partial charge in [-0.2, -0.15) is 0 Å². The molecule has 2 aliphatic rings. The minimum atomic E-state index is 0.0588. The van der Waals surface area contributed by atoms with E-state index >= 15 is 0 Å². The molecule has 1 aromatic heterocycles. The maximum atomic E-state index is 6.99. The molecule has 9 rings (SSSR count). The third-order valence-electron chi connectivity index (χ3n) is 9.00. The largest absolute Gasteiger partial charge is 0.456 e. The SMILES string of the molecule is Cc1cc(C)c2c(c1)N(c1ccccc1)c1ccc(-n3c4ccccc4c4ccccc43)c3c1B2c1ccccc1O3. The molecular weight excluding hydrogens is 511 g/mol. The molecule has 0 fully saturated rings. The summed E-state index contributed by atoms with van der Waals surface area (Å²) in [6, 6.07) is 45.9. The summed E-state index contributed by atoms with van der Waals surface area (Å²) in [4.78, 5) is 2.43. The van der Waals surface area contributed by atoms with Crippen LogP contribution in [0.4, 0.5) is 17.1 Å². The van der Waals surface area contributed by atoms with Gasteiger partial charge in [-0.3, -0.25) is 0 Å². The van der Waals surface area contributed by atoms with Gasteiger partial charge in [-0.15, -0.1) is 0 Å². The smallest absolute Gasteiger partial charge is 0.256 e. The lowest BCUT2D eigenvalue weighted by Gasteiger charge is -2.41. The van der Waals surface area contributed by atoms with E-state index in [1.807, 2.05) is 0 Å². The second-order valence-electron chi connectivity index (χ2n) is 11.5. The molecular formula is C38H27BN2O. The van der Waals surface area contributed by atoms with Crippen molar-refractivity contribution in [3.63, 3.8) is 0 Å². The molecule has 0 radical (unpaired) electrons. The predicted octanol–water partition coefficient (Wildman–Crippen LogP) is 7.81. The Labute approximate surface area is 245 Å². The van der Waals surface area contributed by atoms with Crippen molar-refractivity contribution in [3.05, 3.63) is 139 Å². The van der Waals surface area contributed by atoms with Gasteiger partial charge in [0.1, 0.15) is 11.5 Å². The molecule has 0 atom stereocenters. The molecule has 0 spiro atoms. The molecule has 0 bridgehead atoms. The Hall–Kier alpha value is -5.22. The lowest BCUT2D eigenvalue weighted by atomic mass is 9.33. The normalized spacial score (nSPS) is 13.1. The van der Waals surface area contributed by atoms with Gasteiger partial charge in [0.15, 0.2) is 0 Å². The van der Waals surface area contributed by atoms with Gasteiger partial charge in [0.25, 0.3) is 6.71 Å². The predicted molar refractivity (Wildman–Crippen MR) is 176 cm³/mol. The zero-order chi connectivity index (χ0) is 27.9. The number of para-hydroxylation sites is 4. The van der Waals surface area contributed by atoms with Gasteiger partial charge in [-0.25, -0.2) is 0 Å². The molecule has 0 amide bonds. The number of ether oxygens (including phenoxy) is 1. The van der Waals surface area contributed by atoms with E-state index in [0.717, 1.165) is 28.6 Å². The van der Waals surface area contributed by atoms with Crippen LogP contribution < -0.4 is 26.0 Å². The maximum Gasteiger partial charge on any atom is 0.256 e. The fourth-order valence-electron chi connectivity index (χ4n) is 7.40. The summed E-state index contributed by atoms with van der Waals surface area (Å²) in [6.07, 6.45) is 0. The van der Waals surface area contributed by atoms with Crippen molar-refractivity contribution >= 4 is 62.0 Å². The number of nitrogens with zero attached hydrogens (tertiary/aromatic N) is 2. The Bertz CT molecular complexity index is 2160. The monoisotopic (exact) mass is 538 g/mol. The summed E-state index contributed by atoms with van der Waals surface area (Å²) < 4.78 is 9.38. The zero-order valence-corrected chi connectivity index (χ0v) is 23.5. The van der Waals surface area contributed by atoms with Crippen LogP contribution in [0.15, 0.2) is 127 Å². The summed E-state index contributed by atoms with van der Waals surface area (Å²) in [5, 5.41) is 2.49. The lowest BCUT2D eigenvalue weighted by Crippen LogP contribution is -2.60. The molecule has 6 aromatic carbocycles. The Morgan fingerprint density at radius 3 is 1.98 bits per heavy atom. The zero-order valence-electron chi connectivity index (χ0n) is 23.5. The quantitative estimate of drug-likeness (QED) is 0.209. The van der Waals surface area contributed by atoms with Crippen molar-refractivity contribution in [2.75, 3.05) is 4.90 Å².